The third-order valence-electron chi connectivity index (χ3n) is 3.40. The second-order valence-corrected chi connectivity index (χ2v) is 5.13. The molecular formula is C19H21NO3. The van der Waals surface area contributed by atoms with Gasteiger partial charge in [-0.15, -0.1) is 0 Å². The van der Waals surface area contributed by atoms with Gasteiger partial charge in [0, 0.05) is 6.08 Å². The molecule has 0 saturated carbocycles. The van der Waals surface area contributed by atoms with E-state index in [0.717, 1.165) is 35.3 Å². The first-order chi connectivity index (χ1) is 11.2. The summed E-state index contributed by atoms with van der Waals surface area (Å²) in [7, 11) is 0. The molecule has 0 unspecified atom stereocenters. The number of carbonyl (C=O) groups excluding carboxylic acids is 1. The fraction of sp³-hybridized carbons (Fsp3) is 0.211. The molecule has 1 amide bonds. The van der Waals surface area contributed by atoms with E-state index in [1.807, 2.05) is 48.5 Å². The summed E-state index contributed by atoms with van der Waals surface area (Å²) >= 11 is 0. The number of unbranched alkanes of at least 4 members (excludes halogenated alkanes) is 1. The fourth-order valence-electron chi connectivity index (χ4n) is 2.18. The Bertz CT molecular complexity index is 666. The van der Waals surface area contributed by atoms with E-state index < -0.39 is 5.91 Å². The van der Waals surface area contributed by atoms with Crippen molar-refractivity contribution in [3.8, 4) is 16.9 Å². The van der Waals surface area contributed by atoms with Crippen molar-refractivity contribution in [2.24, 2.45) is 0 Å². The van der Waals surface area contributed by atoms with Crippen molar-refractivity contribution in [3.05, 3.63) is 60.2 Å². The lowest BCUT2D eigenvalue weighted by Gasteiger charge is -2.11. The Labute approximate surface area is 136 Å². The minimum Gasteiger partial charge on any atom is -0.494 e. The van der Waals surface area contributed by atoms with Crippen LogP contribution in [-0.4, -0.2) is 17.7 Å². The van der Waals surface area contributed by atoms with Crippen LogP contribution in [0.4, 0.5) is 0 Å². The van der Waals surface area contributed by atoms with E-state index in [-0.39, 0.29) is 0 Å². The molecule has 2 rings (SSSR count). The molecule has 0 bridgehead atoms. The smallest absolute Gasteiger partial charge is 0.267 e. The number of benzene rings is 2. The molecule has 0 atom stereocenters. The molecule has 2 aromatic rings. The van der Waals surface area contributed by atoms with Crippen molar-refractivity contribution in [1.29, 1.82) is 0 Å². The van der Waals surface area contributed by atoms with E-state index >= 15 is 0 Å². The zero-order chi connectivity index (χ0) is 16.5. The van der Waals surface area contributed by atoms with E-state index in [1.54, 1.807) is 11.6 Å². The maximum atomic E-state index is 11.2. The van der Waals surface area contributed by atoms with E-state index in [2.05, 4.69) is 6.92 Å². The summed E-state index contributed by atoms with van der Waals surface area (Å²) in [4.78, 5) is 11.2. The second kappa shape index (κ2) is 8.76. The van der Waals surface area contributed by atoms with E-state index in [1.165, 1.54) is 6.08 Å². The van der Waals surface area contributed by atoms with Gasteiger partial charge in [-0.25, -0.2) is 5.48 Å². The van der Waals surface area contributed by atoms with Crippen LogP contribution in [0.1, 0.15) is 25.3 Å². The van der Waals surface area contributed by atoms with E-state index in [0.29, 0.717) is 6.61 Å². The highest BCUT2D eigenvalue weighted by atomic mass is 16.5. The van der Waals surface area contributed by atoms with Crippen LogP contribution in [0.2, 0.25) is 0 Å². The highest BCUT2D eigenvalue weighted by molar-refractivity contribution is 5.92. The van der Waals surface area contributed by atoms with Gasteiger partial charge in [-0.2, -0.15) is 0 Å². The lowest BCUT2D eigenvalue weighted by molar-refractivity contribution is -0.124. The molecule has 0 heterocycles. The zero-order valence-electron chi connectivity index (χ0n) is 13.2. The number of hydroxylamine groups is 1. The first kappa shape index (κ1) is 16.8. The molecule has 120 valence electrons. The molecular weight excluding hydrogens is 290 g/mol. The molecule has 4 nitrogen and oxygen atoms in total. The Morgan fingerprint density at radius 2 is 2.00 bits per heavy atom. The van der Waals surface area contributed by atoms with Gasteiger partial charge in [-0.1, -0.05) is 49.7 Å². The van der Waals surface area contributed by atoms with Crippen molar-refractivity contribution >= 4 is 12.0 Å². The van der Waals surface area contributed by atoms with Crippen molar-refractivity contribution in [1.82, 2.24) is 5.48 Å². The lowest BCUT2D eigenvalue weighted by Crippen LogP contribution is -2.14. The van der Waals surface area contributed by atoms with E-state index in [4.69, 9.17) is 9.94 Å². The van der Waals surface area contributed by atoms with Crippen LogP contribution in [0.3, 0.4) is 0 Å². The Kier molecular flexibility index (Phi) is 6.39. The lowest BCUT2D eigenvalue weighted by atomic mass is 9.99. The molecule has 0 saturated heterocycles. The Morgan fingerprint density at radius 1 is 1.22 bits per heavy atom. The van der Waals surface area contributed by atoms with Crippen LogP contribution >= 0.6 is 0 Å². The van der Waals surface area contributed by atoms with Crippen molar-refractivity contribution in [2.75, 3.05) is 6.61 Å². The molecule has 0 radical (unpaired) electrons. The maximum Gasteiger partial charge on any atom is 0.267 e. The Balaban J connectivity index is 2.33. The van der Waals surface area contributed by atoms with Gasteiger partial charge in [0.2, 0.25) is 0 Å². The largest absolute Gasteiger partial charge is 0.494 e. The number of amides is 1. The van der Waals surface area contributed by atoms with Crippen LogP contribution in [-0.2, 0) is 4.79 Å². The average Bonchev–Trinajstić information content (AvgIpc) is 2.61. The third-order valence-corrected chi connectivity index (χ3v) is 3.40. The van der Waals surface area contributed by atoms with Crippen molar-refractivity contribution in [2.45, 2.75) is 19.8 Å². The number of ether oxygens (including phenoxy) is 1. The summed E-state index contributed by atoms with van der Waals surface area (Å²) in [5.41, 5.74) is 4.48. The molecule has 0 aromatic heterocycles. The molecule has 0 fully saturated rings. The minimum absolute atomic E-state index is 0.563. The summed E-state index contributed by atoms with van der Waals surface area (Å²) in [6.45, 7) is 2.81. The maximum absolute atomic E-state index is 11.2. The monoisotopic (exact) mass is 311 g/mol. The van der Waals surface area contributed by atoms with Crippen LogP contribution in [0.25, 0.3) is 17.2 Å². The fourth-order valence-corrected chi connectivity index (χ4v) is 2.18. The predicted octanol–water partition coefficient (Wildman–Crippen LogP) is 4.05. The molecule has 0 aliphatic rings. The summed E-state index contributed by atoms with van der Waals surface area (Å²) in [6.07, 6.45) is 5.06. The molecule has 2 N–H and O–H groups in total. The predicted molar refractivity (Wildman–Crippen MR) is 91.2 cm³/mol. The second-order valence-electron chi connectivity index (χ2n) is 5.13. The van der Waals surface area contributed by atoms with Crippen molar-refractivity contribution in [3.63, 3.8) is 0 Å². The standard InChI is InChI=1S/C19H21NO3/c1-2-3-13-23-17-11-9-16(10-12-19(21)20-22)18(14-17)15-7-5-4-6-8-15/h4-12,14,22H,2-3,13H2,1H3,(H,20,21)/b12-10+. The van der Waals surface area contributed by atoms with E-state index in [9.17, 15) is 4.79 Å². The van der Waals surface area contributed by atoms with Gasteiger partial charge in [-0.05, 0) is 41.3 Å². The third kappa shape index (κ3) is 4.97. The van der Waals surface area contributed by atoms with Crippen LogP contribution in [0.15, 0.2) is 54.6 Å². The average molecular weight is 311 g/mol. The van der Waals surface area contributed by atoms with Gasteiger partial charge in [0.05, 0.1) is 6.61 Å². The van der Waals surface area contributed by atoms with Gasteiger partial charge in [0.15, 0.2) is 0 Å². The SMILES string of the molecule is CCCCOc1ccc(/C=C/C(=O)NO)c(-c2ccccc2)c1. The summed E-state index contributed by atoms with van der Waals surface area (Å²) in [5, 5.41) is 8.59. The highest BCUT2D eigenvalue weighted by Crippen LogP contribution is 2.29. The van der Waals surface area contributed by atoms with Crippen LogP contribution in [0.5, 0.6) is 5.75 Å². The molecule has 2 aromatic carbocycles. The Morgan fingerprint density at radius 3 is 2.70 bits per heavy atom. The van der Waals surface area contributed by atoms with Gasteiger partial charge in [-0.3, -0.25) is 10.0 Å². The molecule has 0 aliphatic heterocycles. The van der Waals surface area contributed by atoms with Gasteiger partial charge >= 0.3 is 0 Å². The summed E-state index contributed by atoms with van der Waals surface area (Å²) in [5.74, 6) is 0.244. The minimum atomic E-state index is -0.563. The van der Waals surface area contributed by atoms with Gasteiger partial charge < -0.3 is 4.74 Å². The molecule has 0 aliphatic carbocycles. The van der Waals surface area contributed by atoms with Crippen LogP contribution < -0.4 is 10.2 Å². The number of carbonyl (C=O) groups is 1. The topological polar surface area (TPSA) is 58.6 Å². The Hall–Kier alpha value is -2.59. The number of hydrogen-bond donors (Lipinski definition) is 2. The number of rotatable bonds is 7. The zero-order valence-corrected chi connectivity index (χ0v) is 13.2. The molecule has 23 heavy (non-hydrogen) atoms. The first-order valence-electron chi connectivity index (χ1n) is 7.69. The normalized spacial score (nSPS) is 10.7. The highest BCUT2D eigenvalue weighted by Gasteiger charge is 2.06. The molecule has 0 spiro atoms. The van der Waals surface area contributed by atoms with Gasteiger partial charge in [0.1, 0.15) is 5.75 Å². The molecule has 4 heteroatoms. The summed E-state index contributed by atoms with van der Waals surface area (Å²) < 4.78 is 5.77. The number of hydrogen-bond acceptors (Lipinski definition) is 3. The van der Waals surface area contributed by atoms with Gasteiger partial charge in [0.25, 0.3) is 5.91 Å². The van der Waals surface area contributed by atoms with Crippen molar-refractivity contribution < 1.29 is 14.7 Å². The quantitative estimate of drug-likeness (QED) is 0.351. The number of nitrogens with one attached hydrogen (secondary N) is 1. The van der Waals surface area contributed by atoms with Crippen LogP contribution in [0, 0.1) is 0 Å². The first-order valence-corrected chi connectivity index (χ1v) is 7.69. The summed E-state index contributed by atoms with van der Waals surface area (Å²) in [6, 6.07) is 15.7.